The molecule has 0 saturated carbocycles. The van der Waals surface area contributed by atoms with Crippen LogP contribution in [0.4, 0.5) is 4.79 Å². The van der Waals surface area contributed by atoms with Gasteiger partial charge in [0.05, 0.1) is 6.04 Å². The third kappa shape index (κ3) is 5.25. The van der Waals surface area contributed by atoms with Crippen LogP contribution < -0.4 is 11.5 Å². The Bertz CT molecular complexity index is 319. The summed E-state index contributed by atoms with van der Waals surface area (Å²) in [5, 5.41) is 0. The third-order valence-electron chi connectivity index (χ3n) is 2.63. The van der Waals surface area contributed by atoms with Crippen molar-refractivity contribution in [2.75, 3.05) is 13.1 Å². The smallest absolute Gasteiger partial charge is 0.410 e. The number of guanidine groups is 1. The first-order valence-electron chi connectivity index (χ1n) is 6.34. The van der Waals surface area contributed by atoms with Gasteiger partial charge in [-0.1, -0.05) is 0 Å². The molecule has 104 valence electrons. The lowest BCUT2D eigenvalue weighted by molar-refractivity contribution is 0.0250. The summed E-state index contributed by atoms with van der Waals surface area (Å²) >= 11 is 0. The van der Waals surface area contributed by atoms with Gasteiger partial charge in [-0.05, 0) is 40.0 Å². The highest BCUT2D eigenvalue weighted by molar-refractivity contribution is 5.76. The number of likely N-dealkylation sites (tertiary alicyclic amines) is 1. The van der Waals surface area contributed by atoms with E-state index in [4.69, 9.17) is 16.2 Å². The van der Waals surface area contributed by atoms with E-state index < -0.39 is 5.60 Å². The van der Waals surface area contributed by atoms with Crippen molar-refractivity contribution in [1.29, 1.82) is 0 Å². The summed E-state index contributed by atoms with van der Waals surface area (Å²) in [6, 6.07) is -0.0231. The number of nitrogens with zero attached hydrogens (tertiary/aromatic N) is 2. The first kappa shape index (κ1) is 14.6. The van der Waals surface area contributed by atoms with E-state index in [9.17, 15) is 4.79 Å². The highest BCUT2D eigenvalue weighted by Crippen LogP contribution is 2.16. The summed E-state index contributed by atoms with van der Waals surface area (Å²) in [6.45, 7) is 6.79. The Balaban J connectivity index is 2.64. The number of amides is 1. The second-order valence-electron chi connectivity index (χ2n) is 5.63. The zero-order valence-electron chi connectivity index (χ0n) is 11.5. The van der Waals surface area contributed by atoms with Crippen molar-refractivity contribution < 1.29 is 9.53 Å². The quantitative estimate of drug-likeness (QED) is 0.541. The first-order valence-corrected chi connectivity index (χ1v) is 6.34. The summed E-state index contributed by atoms with van der Waals surface area (Å²) < 4.78 is 5.36. The minimum Gasteiger partial charge on any atom is -0.444 e. The van der Waals surface area contributed by atoms with E-state index in [-0.39, 0.29) is 18.1 Å². The maximum Gasteiger partial charge on any atom is 0.410 e. The molecule has 4 N–H and O–H groups in total. The molecule has 0 bridgehead atoms. The minimum absolute atomic E-state index is 0.0231. The third-order valence-corrected chi connectivity index (χ3v) is 2.63. The van der Waals surface area contributed by atoms with Crippen LogP contribution in [0.3, 0.4) is 0 Å². The Kier molecular flexibility index (Phi) is 4.81. The summed E-state index contributed by atoms with van der Waals surface area (Å²) in [5.74, 6) is 0.0750. The molecule has 1 fully saturated rings. The molecule has 1 saturated heterocycles. The number of nitrogens with two attached hydrogens (primary N) is 2. The van der Waals surface area contributed by atoms with Gasteiger partial charge in [0.25, 0.3) is 0 Å². The normalized spacial score (nSPS) is 21.1. The number of rotatable bonds is 1. The van der Waals surface area contributed by atoms with Crippen LogP contribution in [0.25, 0.3) is 0 Å². The highest BCUT2D eigenvalue weighted by Gasteiger charge is 2.26. The summed E-state index contributed by atoms with van der Waals surface area (Å²) in [6.07, 6.45) is 2.58. The summed E-state index contributed by atoms with van der Waals surface area (Å²) in [5.41, 5.74) is 10.3. The van der Waals surface area contributed by atoms with Gasteiger partial charge in [-0.15, -0.1) is 0 Å². The van der Waals surface area contributed by atoms with Gasteiger partial charge in [0.1, 0.15) is 5.60 Å². The van der Waals surface area contributed by atoms with Crippen molar-refractivity contribution >= 4 is 12.1 Å². The Morgan fingerprint density at radius 1 is 1.33 bits per heavy atom. The van der Waals surface area contributed by atoms with E-state index in [1.54, 1.807) is 4.90 Å². The highest BCUT2D eigenvalue weighted by atomic mass is 16.6. The average molecular weight is 256 g/mol. The van der Waals surface area contributed by atoms with Crippen molar-refractivity contribution in [3.63, 3.8) is 0 Å². The van der Waals surface area contributed by atoms with Crippen LogP contribution in [0.15, 0.2) is 4.99 Å². The van der Waals surface area contributed by atoms with Crippen LogP contribution in [-0.4, -0.2) is 41.7 Å². The summed E-state index contributed by atoms with van der Waals surface area (Å²) in [7, 11) is 0. The molecule has 6 heteroatoms. The number of hydrogen-bond acceptors (Lipinski definition) is 3. The molecule has 0 radical (unpaired) electrons. The lowest BCUT2D eigenvalue weighted by Gasteiger charge is -2.27. The van der Waals surface area contributed by atoms with E-state index in [0.29, 0.717) is 13.1 Å². The molecule has 0 aliphatic carbocycles. The van der Waals surface area contributed by atoms with E-state index in [2.05, 4.69) is 4.99 Å². The zero-order valence-corrected chi connectivity index (χ0v) is 11.5. The second kappa shape index (κ2) is 5.93. The number of hydrogen-bond donors (Lipinski definition) is 2. The van der Waals surface area contributed by atoms with E-state index in [1.165, 1.54) is 0 Å². The lowest BCUT2D eigenvalue weighted by Crippen LogP contribution is -2.40. The fourth-order valence-corrected chi connectivity index (χ4v) is 1.93. The Morgan fingerprint density at radius 3 is 2.56 bits per heavy atom. The molecule has 1 aliphatic rings. The lowest BCUT2D eigenvalue weighted by atomic mass is 10.1. The number of aliphatic imine (C=N–C) groups is 1. The van der Waals surface area contributed by atoms with Crippen molar-refractivity contribution in [1.82, 2.24) is 4.90 Å². The van der Waals surface area contributed by atoms with Crippen LogP contribution in [0.5, 0.6) is 0 Å². The number of carbonyl (C=O) groups excluding carboxylic acids is 1. The monoisotopic (exact) mass is 256 g/mol. The minimum atomic E-state index is -0.477. The van der Waals surface area contributed by atoms with Crippen LogP contribution in [0.1, 0.15) is 40.0 Å². The summed E-state index contributed by atoms with van der Waals surface area (Å²) in [4.78, 5) is 17.8. The first-order chi connectivity index (χ1) is 8.28. The fourth-order valence-electron chi connectivity index (χ4n) is 1.93. The predicted molar refractivity (Wildman–Crippen MR) is 71.3 cm³/mol. The fraction of sp³-hybridized carbons (Fsp3) is 0.833. The van der Waals surface area contributed by atoms with Gasteiger partial charge in [-0.25, -0.2) is 9.79 Å². The van der Waals surface area contributed by atoms with Crippen molar-refractivity contribution in [3.05, 3.63) is 0 Å². The molecule has 1 amide bonds. The van der Waals surface area contributed by atoms with Gasteiger partial charge in [0.2, 0.25) is 0 Å². The molecule has 1 rings (SSSR count). The van der Waals surface area contributed by atoms with E-state index in [0.717, 1.165) is 19.3 Å². The zero-order chi connectivity index (χ0) is 13.8. The van der Waals surface area contributed by atoms with Gasteiger partial charge in [-0.2, -0.15) is 0 Å². The molecule has 6 nitrogen and oxygen atoms in total. The molecule has 1 aliphatic heterocycles. The van der Waals surface area contributed by atoms with Gasteiger partial charge >= 0.3 is 6.09 Å². The van der Waals surface area contributed by atoms with Crippen LogP contribution in [0.2, 0.25) is 0 Å². The topological polar surface area (TPSA) is 93.9 Å². The maximum atomic E-state index is 12.0. The van der Waals surface area contributed by atoms with Crippen LogP contribution in [-0.2, 0) is 4.74 Å². The Hall–Kier alpha value is -1.46. The van der Waals surface area contributed by atoms with Crippen LogP contribution >= 0.6 is 0 Å². The van der Waals surface area contributed by atoms with Crippen LogP contribution in [0, 0.1) is 0 Å². The van der Waals surface area contributed by atoms with Crippen molar-refractivity contribution in [2.24, 2.45) is 16.5 Å². The molecular formula is C12H24N4O2. The van der Waals surface area contributed by atoms with Gasteiger partial charge in [0.15, 0.2) is 5.96 Å². The number of ether oxygens (including phenoxy) is 1. The molecule has 1 heterocycles. The van der Waals surface area contributed by atoms with Gasteiger partial charge in [-0.3, -0.25) is 0 Å². The standard InChI is InChI=1S/C12H24N4O2/c1-12(2,3)18-11(17)16-7-5-4-6-9(8-16)15-10(13)14/h9H,4-8H2,1-3H3,(H4,13,14,15)/t9-/m1/s1. The van der Waals surface area contributed by atoms with Gasteiger partial charge in [0, 0.05) is 13.1 Å². The molecule has 18 heavy (non-hydrogen) atoms. The molecule has 0 spiro atoms. The SMILES string of the molecule is CC(C)(C)OC(=O)N1CCCC[C@@H](N=C(N)N)C1. The Labute approximate surface area is 108 Å². The van der Waals surface area contributed by atoms with Crippen molar-refractivity contribution in [2.45, 2.75) is 51.7 Å². The maximum absolute atomic E-state index is 12.0. The second-order valence-corrected chi connectivity index (χ2v) is 5.63. The average Bonchev–Trinajstić information content (AvgIpc) is 2.39. The molecular weight excluding hydrogens is 232 g/mol. The molecule has 0 aromatic carbocycles. The number of carbonyl (C=O) groups is 1. The molecule has 0 aromatic heterocycles. The predicted octanol–water partition coefficient (Wildman–Crippen LogP) is 1.05. The van der Waals surface area contributed by atoms with Crippen molar-refractivity contribution in [3.8, 4) is 0 Å². The molecule has 1 atom stereocenters. The molecule has 0 aromatic rings. The van der Waals surface area contributed by atoms with Gasteiger partial charge < -0.3 is 21.1 Å². The van der Waals surface area contributed by atoms with E-state index in [1.807, 2.05) is 20.8 Å². The van der Waals surface area contributed by atoms with E-state index >= 15 is 0 Å². The largest absolute Gasteiger partial charge is 0.444 e. The Morgan fingerprint density at radius 2 is 2.00 bits per heavy atom. The molecule has 0 unspecified atom stereocenters.